The van der Waals surface area contributed by atoms with Crippen LogP contribution < -0.4 is 16.0 Å². The Labute approximate surface area is 134 Å². The Bertz CT molecular complexity index is 682. The van der Waals surface area contributed by atoms with Crippen molar-refractivity contribution in [3.8, 4) is 5.75 Å². The number of nitro benzene ring substituents is 1. The molecule has 0 atom stereocenters. The molecule has 6 nitrogen and oxygen atoms in total. The summed E-state index contributed by atoms with van der Waals surface area (Å²) in [5.41, 5.74) is 3.05. The lowest BCUT2D eigenvalue weighted by atomic mass is 10.2. The van der Waals surface area contributed by atoms with E-state index in [4.69, 9.17) is 22.2 Å². The summed E-state index contributed by atoms with van der Waals surface area (Å²) in [5, 5.41) is 11.4. The van der Waals surface area contributed by atoms with Crippen molar-refractivity contribution >= 4 is 38.9 Å². The minimum atomic E-state index is -0.509. The maximum atomic E-state index is 10.9. The molecule has 0 spiro atoms. The van der Waals surface area contributed by atoms with Crippen molar-refractivity contribution in [2.75, 3.05) is 5.43 Å². The van der Waals surface area contributed by atoms with E-state index in [-0.39, 0.29) is 18.0 Å². The number of nitrogens with zero attached hydrogens (tertiary/aromatic N) is 1. The van der Waals surface area contributed by atoms with Crippen LogP contribution in [0.1, 0.15) is 5.56 Å². The molecule has 21 heavy (non-hydrogen) atoms. The molecule has 0 bridgehead atoms. The number of halogens is 2. The van der Waals surface area contributed by atoms with Crippen molar-refractivity contribution in [2.45, 2.75) is 6.61 Å². The first-order valence-corrected chi connectivity index (χ1v) is 7.00. The molecule has 2 aromatic rings. The first-order valence-electron chi connectivity index (χ1n) is 5.83. The number of hydrogen-bond acceptors (Lipinski definition) is 5. The maximum Gasteiger partial charge on any atom is 0.294 e. The van der Waals surface area contributed by atoms with Gasteiger partial charge >= 0.3 is 0 Å². The lowest BCUT2D eigenvalue weighted by Crippen LogP contribution is -2.09. The van der Waals surface area contributed by atoms with E-state index in [1.807, 2.05) is 0 Å². The number of nitrogens with two attached hydrogens (primary N) is 1. The number of rotatable bonds is 5. The van der Waals surface area contributed by atoms with Crippen LogP contribution in [-0.4, -0.2) is 4.92 Å². The average Bonchev–Trinajstić information content (AvgIpc) is 2.46. The van der Waals surface area contributed by atoms with Gasteiger partial charge in [0.05, 0.1) is 9.95 Å². The number of benzene rings is 2. The van der Waals surface area contributed by atoms with E-state index in [0.717, 1.165) is 4.47 Å². The highest BCUT2D eigenvalue weighted by Gasteiger charge is 2.14. The normalized spacial score (nSPS) is 10.2. The number of nitrogen functional groups attached to an aromatic ring is 1. The van der Waals surface area contributed by atoms with Crippen LogP contribution in [0.4, 0.5) is 11.4 Å². The molecule has 0 radical (unpaired) electrons. The van der Waals surface area contributed by atoms with Gasteiger partial charge in [-0.05, 0) is 29.8 Å². The number of nitro groups is 1. The fourth-order valence-electron chi connectivity index (χ4n) is 1.69. The summed E-state index contributed by atoms with van der Waals surface area (Å²) in [7, 11) is 0. The fourth-order valence-corrected chi connectivity index (χ4v) is 2.42. The highest BCUT2D eigenvalue weighted by molar-refractivity contribution is 9.10. The van der Waals surface area contributed by atoms with Gasteiger partial charge in [-0.15, -0.1) is 0 Å². The van der Waals surface area contributed by atoms with Crippen LogP contribution in [0.25, 0.3) is 0 Å². The van der Waals surface area contributed by atoms with Gasteiger partial charge in [0, 0.05) is 10.5 Å². The van der Waals surface area contributed by atoms with Crippen LogP contribution in [0, 0.1) is 10.1 Å². The summed E-state index contributed by atoms with van der Waals surface area (Å²) in [5.74, 6) is 5.73. The van der Waals surface area contributed by atoms with Gasteiger partial charge in [0.15, 0.2) is 0 Å². The molecule has 2 rings (SSSR count). The third-order valence-corrected chi connectivity index (χ3v) is 3.49. The quantitative estimate of drug-likeness (QED) is 0.472. The number of ether oxygens (including phenoxy) is 1. The molecule has 0 saturated heterocycles. The first kappa shape index (κ1) is 15.6. The molecule has 0 aliphatic heterocycles. The number of anilines is 1. The van der Waals surface area contributed by atoms with Crippen molar-refractivity contribution in [1.82, 2.24) is 0 Å². The maximum absolute atomic E-state index is 10.9. The SMILES string of the molecule is NNc1ccc(COc2ccc(Br)cc2Cl)cc1[N+](=O)[O-]. The molecule has 0 aromatic heterocycles. The van der Waals surface area contributed by atoms with Crippen molar-refractivity contribution in [2.24, 2.45) is 5.84 Å². The molecular weight excluding hydrogens is 362 g/mol. The minimum absolute atomic E-state index is 0.111. The second kappa shape index (κ2) is 6.75. The van der Waals surface area contributed by atoms with Gasteiger partial charge in [0.25, 0.3) is 5.69 Å². The molecule has 0 unspecified atom stereocenters. The Balaban J connectivity index is 2.16. The lowest BCUT2D eigenvalue weighted by molar-refractivity contribution is -0.384. The van der Waals surface area contributed by atoms with Gasteiger partial charge in [0.2, 0.25) is 0 Å². The van der Waals surface area contributed by atoms with Crippen molar-refractivity contribution in [3.05, 3.63) is 61.6 Å². The summed E-state index contributed by atoms with van der Waals surface area (Å²) < 4.78 is 6.40. The van der Waals surface area contributed by atoms with Crippen LogP contribution in [0.2, 0.25) is 5.02 Å². The minimum Gasteiger partial charge on any atom is -0.487 e. The molecule has 0 aliphatic carbocycles. The summed E-state index contributed by atoms with van der Waals surface area (Å²) >= 11 is 9.34. The van der Waals surface area contributed by atoms with Gasteiger partial charge in [-0.25, -0.2) is 0 Å². The molecular formula is C13H11BrClN3O3. The standard InChI is InChI=1S/C13H11BrClN3O3/c14-9-2-4-13(10(15)6-9)21-7-8-1-3-11(17-16)12(5-8)18(19)20/h1-6,17H,7,16H2. The molecule has 8 heteroatoms. The predicted molar refractivity (Wildman–Crippen MR) is 84.4 cm³/mol. The fraction of sp³-hybridized carbons (Fsp3) is 0.0769. The molecule has 3 N–H and O–H groups in total. The highest BCUT2D eigenvalue weighted by Crippen LogP contribution is 2.29. The highest BCUT2D eigenvalue weighted by atomic mass is 79.9. The molecule has 0 saturated carbocycles. The van der Waals surface area contributed by atoms with E-state index in [1.165, 1.54) is 12.1 Å². The Morgan fingerprint density at radius 3 is 2.71 bits per heavy atom. The molecule has 110 valence electrons. The lowest BCUT2D eigenvalue weighted by Gasteiger charge is -2.09. The van der Waals surface area contributed by atoms with E-state index < -0.39 is 4.92 Å². The Hall–Kier alpha value is -1.83. The number of hydrazine groups is 1. The van der Waals surface area contributed by atoms with Crippen LogP contribution in [0.5, 0.6) is 5.75 Å². The summed E-state index contributed by atoms with van der Waals surface area (Å²) in [4.78, 5) is 10.4. The second-order valence-corrected chi connectivity index (χ2v) is 5.44. The van der Waals surface area contributed by atoms with Crippen LogP contribution >= 0.6 is 27.5 Å². The summed E-state index contributed by atoms with van der Waals surface area (Å²) in [6.45, 7) is 0.160. The first-order chi connectivity index (χ1) is 10.0. The van der Waals surface area contributed by atoms with E-state index in [0.29, 0.717) is 16.3 Å². The predicted octanol–water partition coefficient (Wildman–Crippen LogP) is 3.88. The van der Waals surface area contributed by atoms with Gasteiger partial charge in [-0.1, -0.05) is 33.6 Å². The van der Waals surface area contributed by atoms with E-state index in [2.05, 4.69) is 21.4 Å². The van der Waals surface area contributed by atoms with Crippen LogP contribution in [0.3, 0.4) is 0 Å². The number of nitrogens with one attached hydrogen (secondary N) is 1. The van der Waals surface area contributed by atoms with Gasteiger partial charge in [-0.2, -0.15) is 0 Å². The summed E-state index contributed by atoms with van der Waals surface area (Å²) in [6, 6.07) is 9.85. The van der Waals surface area contributed by atoms with Crippen LogP contribution in [0.15, 0.2) is 40.9 Å². The van der Waals surface area contributed by atoms with Gasteiger partial charge in [0.1, 0.15) is 18.0 Å². The third-order valence-electron chi connectivity index (χ3n) is 2.70. The van der Waals surface area contributed by atoms with Gasteiger partial charge in [-0.3, -0.25) is 16.0 Å². The van der Waals surface area contributed by atoms with E-state index >= 15 is 0 Å². The summed E-state index contributed by atoms with van der Waals surface area (Å²) in [6.07, 6.45) is 0. The second-order valence-electron chi connectivity index (χ2n) is 4.12. The Morgan fingerprint density at radius 2 is 2.10 bits per heavy atom. The smallest absolute Gasteiger partial charge is 0.294 e. The van der Waals surface area contributed by atoms with Crippen LogP contribution in [-0.2, 0) is 6.61 Å². The zero-order valence-electron chi connectivity index (χ0n) is 10.7. The molecule has 0 aliphatic rings. The Morgan fingerprint density at radius 1 is 1.33 bits per heavy atom. The Kier molecular flexibility index (Phi) is 5.00. The van der Waals surface area contributed by atoms with Crippen molar-refractivity contribution in [1.29, 1.82) is 0 Å². The van der Waals surface area contributed by atoms with Crippen molar-refractivity contribution in [3.63, 3.8) is 0 Å². The zero-order valence-corrected chi connectivity index (χ0v) is 13.0. The third kappa shape index (κ3) is 3.84. The average molecular weight is 373 g/mol. The van der Waals surface area contributed by atoms with E-state index in [1.54, 1.807) is 24.3 Å². The molecule has 2 aromatic carbocycles. The number of hydrogen-bond donors (Lipinski definition) is 2. The largest absolute Gasteiger partial charge is 0.487 e. The monoisotopic (exact) mass is 371 g/mol. The molecule has 0 amide bonds. The molecule has 0 heterocycles. The van der Waals surface area contributed by atoms with Gasteiger partial charge < -0.3 is 10.2 Å². The van der Waals surface area contributed by atoms with E-state index in [9.17, 15) is 10.1 Å². The van der Waals surface area contributed by atoms with Crippen molar-refractivity contribution < 1.29 is 9.66 Å². The molecule has 0 fully saturated rings. The topological polar surface area (TPSA) is 90.4 Å². The zero-order chi connectivity index (χ0) is 15.4.